The van der Waals surface area contributed by atoms with Crippen molar-refractivity contribution in [3.05, 3.63) is 27.3 Å². The van der Waals surface area contributed by atoms with Crippen LogP contribution in [-0.4, -0.2) is 33.3 Å². The van der Waals surface area contributed by atoms with Gasteiger partial charge in [-0.05, 0) is 31.0 Å². The van der Waals surface area contributed by atoms with Gasteiger partial charge >= 0.3 is 0 Å². The van der Waals surface area contributed by atoms with Crippen LogP contribution >= 0.6 is 30.1 Å². The van der Waals surface area contributed by atoms with E-state index in [1.165, 1.54) is 0 Å². The Morgan fingerprint density at radius 3 is 2.91 bits per heavy atom. The molecule has 0 aliphatic carbocycles. The van der Waals surface area contributed by atoms with E-state index in [0.717, 1.165) is 15.9 Å². The van der Waals surface area contributed by atoms with Gasteiger partial charge in [0, 0.05) is 27.7 Å². The monoisotopic (exact) mass is 375 g/mol. The highest BCUT2D eigenvalue weighted by Gasteiger charge is 2.25. The summed E-state index contributed by atoms with van der Waals surface area (Å²) < 4.78 is 24.1. The van der Waals surface area contributed by atoms with Gasteiger partial charge in [-0.2, -0.15) is 4.98 Å². The number of hydrogen-bond acceptors (Lipinski definition) is 6. The Kier molecular flexibility index (Phi) is 4.42. The van der Waals surface area contributed by atoms with E-state index in [1.807, 2.05) is 11.4 Å². The summed E-state index contributed by atoms with van der Waals surface area (Å²) >= 11 is 7.47. The molecule has 118 valence electrons. The topological polar surface area (TPSA) is 72.0 Å². The number of hydrogen-bond donors (Lipinski definition) is 1. The van der Waals surface area contributed by atoms with Crippen LogP contribution < -0.4 is 10.6 Å². The first-order valence-electron chi connectivity index (χ1n) is 6.66. The quantitative estimate of drug-likeness (QED) is 0.657. The molecule has 0 saturated heterocycles. The van der Waals surface area contributed by atoms with E-state index in [1.54, 1.807) is 24.7 Å². The number of nitrogens with zero attached hydrogens (tertiary/aromatic N) is 2. The third-order valence-electron chi connectivity index (χ3n) is 3.35. The molecule has 1 atom stereocenters. The lowest BCUT2D eigenvalue weighted by Crippen LogP contribution is -2.06. The lowest BCUT2D eigenvalue weighted by molar-refractivity contribution is 0.588. The maximum Gasteiger partial charge on any atom is 0.224 e. The molecule has 1 N–H and O–H groups in total. The van der Waals surface area contributed by atoms with Gasteiger partial charge in [-0.3, -0.25) is 4.21 Å². The van der Waals surface area contributed by atoms with Crippen molar-refractivity contribution in [3.8, 4) is 0 Å². The summed E-state index contributed by atoms with van der Waals surface area (Å²) in [5, 5.41) is 6.16. The van der Waals surface area contributed by atoms with Crippen molar-refractivity contribution in [3.63, 3.8) is 0 Å². The Morgan fingerprint density at radius 1 is 1.45 bits per heavy atom. The minimum absolute atomic E-state index is 0.165. The van der Waals surface area contributed by atoms with Crippen LogP contribution in [0.5, 0.6) is 0 Å². The number of fused-ring (bicyclic) bond motifs is 1. The normalized spacial score (nSPS) is 17.5. The summed E-state index contributed by atoms with van der Waals surface area (Å²) in [5.74, 6) is 1.11. The molecule has 0 radical (unpaired) electrons. The van der Waals surface area contributed by atoms with Gasteiger partial charge in [0.25, 0.3) is 0 Å². The minimum Gasteiger partial charge on any atom is -0.364 e. The average Bonchev–Trinajstić information content (AvgIpc) is 3.03. The van der Waals surface area contributed by atoms with Gasteiger partial charge in [0.1, 0.15) is 17.9 Å². The third kappa shape index (κ3) is 3.27. The van der Waals surface area contributed by atoms with E-state index in [0.29, 0.717) is 29.4 Å². The molecule has 2 aromatic heterocycles. The summed E-state index contributed by atoms with van der Waals surface area (Å²) in [5.41, 5.74) is 0.763. The fourth-order valence-corrected chi connectivity index (χ4v) is 6.13. The predicted octanol–water partition coefficient (Wildman–Crippen LogP) is 2.72. The van der Waals surface area contributed by atoms with E-state index in [-0.39, 0.29) is 5.28 Å². The first kappa shape index (κ1) is 16.1. The van der Waals surface area contributed by atoms with Crippen molar-refractivity contribution < 1.29 is 8.77 Å². The number of rotatable bonds is 4. The molecule has 0 fully saturated rings. The van der Waals surface area contributed by atoms with Crippen LogP contribution in [0.3, 0.4) is 0 Å². The van der Waals surface area contributed by atoms with Gasteiger partial charge in [-0.15, -0.1) is 11.3 Å². The van der Waals surface area contributed by atoms with Crippen molar-refractivity contribution in [2.45, 2.75) is 17.9 Å². The van der Waals surface area contributed by atoms with Crippen molar-refractivity contribution in [2.75, 3.05) is 24.4 Å². The van der Waals surface area contributed by atoms with E-state index in [2.05, 4.69) is 15.3 Å². The van der Waals surface area contributed by atoms with Crippen molar-refractivity contribution in [2.24, 2.45) is 0 Å². The largest absolute Gasteiger partial charge is 0.364 e. The zero-order valence-electron chi connectivity index (χ0n) is 12.1. The number of aromatic nitrogens is 2. The SMILES string of the molecule is CP(C)(=O)c1csc(CNc2nc(Cl)nc3c2[S@](=O)CC3)c1. The molecule has 0 amide bonds. The molecular weight excluding hydrogens is 361 g/mol. The van der Waals surface area contributed by atoms with E-state index in [9.17, 15) is 8.77 Å². The maximum absolute atomic E-state index is 12.1. The molecule has 0 bridgehead atoms. The Labute approximate surface area is 140 Å². The second-order valence-corrected chi connectivity index (χ2v) is 11.5. The molecule has 3 rings (SSSR count). The Morgan fingerprint density at radius 2 is 2.23 bits per heavy atom. The predicted molar refractivity (Wildman–Crippen MR) is 92.8 cm³/mol. The van der Waals surface area contributed by atoms with Crippen LogP contribution in [0.2, 0.25) is 5.28 Å². The Hall–Kier alpha value is -0.750. The minimum atomic E-state index is -2.24. The van der Waals surface area contributed by atoms with Gasteiger partial charge in [-0.25, -0.2) is 4.98 Å². The lowest BCUT2D eigenvalue weighted by atomic mass is 10.3. The molecule has 1 aliphatic heterocycles. The first-order chi connectivity index (χ1) is 10.3. The molecule has 2 aromatic rings. The van der Waals surface area contributed by atoms with Crippen LogP contribution in [0.25, 0.3) is 0 Å². The summed E-state index contributed by atoms with van der Waals surface area (Å²) in [7, 11) is -3.31. The van der Waals surface area contributed by atoms with Crippen LogP contribution in [0.15, 0.2) is 16.3 Å². The summed E-state index contributed by atoms with van der Waals surface area (Å²) in [6, 6.07) is 1.94. The Balaban J connectivity index is 1.82. The zero-order chi connectivity index (χ0) is 15.9. The highest BCUT2D eigenvalue weighted by Crippen LogP contribution is 2.36. The number of anilines is 1. The fourth-order valence-electron chi connectivity index (χ4n) is 2.20. The van der Waals surface area contributed by atoms with Crippen molar-refractivity contribution in [1.82, 2.24) is 9.97 Å². The van der Waals surface area contributed by atoms with Crippen LogP contribution in [-0.2, 0) is 28.3 Å². The molecule has 0 unspecified atom stereocenters. The summed E-state index contributed by atoms with van der Waals surface area (Å²) in [6.07, 6.45) is 0.664. The van der Waals surface area contributed by atoms with Gasteiger partial charge in [-0.1, -0.05) is 0 Å². The van der Waals surface area contributed by atoms with Crippen LogP contribution in [0.1, 0.15) is 10.6 Å². The molecule has 0 aromatic carbocycles. The highest BCUT2D eigenvalue weighted by molar-refractivity contribution is 7.85. The molecule has 1 aliphatic rings. The number of aryl methyl sites for hydroxylation is 1. The van der Waals surface area contributed by atoms with Gasteiger partial charge in [0.05, 0.1) is 23.0 Å². The van der Waals surface area contributed by atoms with Crippen molar-refractivity contribution in [1.29, 1.82) is 0 Å². The van der Waals surface area contributed by atoms with Gasteiger partial charge in [0.2, 0.25) is 5.28 Å². The second-order valence-electron chi connectivity index (χ2n) is 5.39. The van der Waals surface area contributed by atoms with E-state index >= 15 is 0 Å². The number of nitrogens with one attached hydrogen (secondary N) is 1. The molecule has 22 heavy (non-hydrogen) atoms. The third-order valence-corrected chi connectivity index (χ3v) is 7.59. The summed E-state index contributed by atoms with van der Waals surface area (Å²) in [6.45, 7) is 4.04. The molecular formula is C13H15ClN3O2PS2. The number of halogens is 1. The van der Waals surface area contributed by atoms with E-state index in [4.69, 9.17) is 11.6 Å². The van der Waals surface area contributed by atoms with Crippen LogP contribution in [0.4, 0.5) is 5.82 Å². The molecule has 0 spiro atoms. The maximum atomic E-state index is 12.1. The molecule has 5 nitrogen and oxygen atoms in total. The highest BCUT2D eigenvalue weighted by atomic mass is 35.5. The Bertz CT molecular complexity index is 803. The summed E-state index contributed by atoms with van der Waals surface area (Å²) in [4.78, 5) is 10.0. The first-order valence-corrected chi connectivity index (χ1v) is 11.8. The smallest absolute Gasteiger partial charge is 0.224 e. The van der Waals surface area contributed by atoms with E-state index < -0.39 is 17.9 Å². The lowest BCUT2D eigenvalue weighted by Gasteiger charge is -2.08. The number of thiophene rings is 1. The van der Waals surface area contributed by atoms with Gasteiger partial charge in [0.15, 0.2) is 0 Å². The fraction of sp³-hybridized carbons (Fsp3) is 0.385. The molecule has 3 heterocycles. The van der Waals surface area contributed by atoms with Crippen molar-refractivity contribution >= 4 is 52.0 Å². The molecule has 9 heteroatoms. The second kappa shape index (κ2) is 6.04. The zero-order valence-corrected chi connectivity index (χ0v) is 15.4. The van der Waals surface area contributed by atoms with Crippen LogP contribution in [0, 0.1) is 0 Å². The standard InChI is InChI=1S/C13H15ClN3O2PS2/c1-20(2,18)8-5-9(21-7-8)6-15-12-11-10(3-4-22(11)19)16-13(14)17-12/h5,7H,3-4,6H2,1-2H3,(H,15,16,17)/t22-/m1/s1. The van der Waals surface area contributed by atoms with Gasteiger partial charge < -0.3 is 9.88 Å². The average molecular weight is 376 g/mol. The molecule has 0 saturated carbocycles.